The van der Waals surface area contributed by atoms with Gasteiger partial charge in [0.2, 0.25) is 5.91 Å². The quantitative estimate of drug-likeness (QED) is 0.755. The van der Waals surface area contributed by atoms with E-state index in [0.717, 1.165) is 34.9 Å². The van der Waals surface area contributed by atoms with Crippen LogP contribution in [0, 0.1) is 0 Å². The van der Waals surface area contributed by atoms with Gasteiger partial charge in [0.05, 0.1) is 13.0 Å². The number of nitrogens with zero attached hydrogens (tertiary/aromatic N) is 1. The third-order valence-corrected chi connectivity index (χ3v) is 5.47. The van der Waals surface area contributed by atoms with E-state index in [4.69, 9.17) is 4.74 Å². The van der Waals surface area contributed by atoms with E-state index in [1.54, 1.807) is 7.11 Å². The van der Waals surface area contributed by atoms with E-state index in [2.05, 4.69) is 43.0 Å². The maximum absolute atomic E-state index is 13.2. The van der Waals surface area contributed by atoms with Crippen LogP contribution in [0.2, 0.25) is 0 Å². The molecule has 2 aromatic carbocycles. The predicted molar refractivity (Wildman–Crippen MR) is 103 cm³/mol. The van der Waals surface area contributed by atoms with Crippen LogP contribution < -0.4 is 4.74 Å². The molecule has 2 aromatic rings. The first-order chi connectivity index (χ1) is 12.0. The summed E-state index contributed by atoms with van der Waals surface area (Å²) in [6.45, 7) is 6.31. The van der Waals surface area contributed by atoms with Crippen molar-refractivity contribution < 1.29 is 9.53 Å². The molecule has 3 heteroatoms. The molecule has 1 amide bonds. The highest BCUT2D eigenvalue weighted by Crippen LogP contribution is 2.30. The number of benzene rings is 2. The Morgan fingerprint density at radius 2 is 1.68 bits per heavy atom. The number of hydrogen-bond acceptors (Lipinski definition) is 2. The molecule has 1 saturated carbocycles. The second-order valence-electron chi connectivity index (χ2n) is 7.47. The number of carbonyl (C=O) groups excluding carboxylic acids is 1. The third-order valence-electron chi connectivity index (χ3n) is 5.47. The van der Waals surface area contributed by atoms with Crippen LogP contribution in [0.15, 0.2) is 36.4 Å². The molecular weight excluding hydrogens is 310 g/mol. The summed E-state index contributed by atoms with van der Waals surface area (Å²) in [5.41, 5.74) is 1.09. The number of carbonyl (C=O) groups is 1. The summed E-state index contributed by atoms with van der Waals surface area (Å²) in [7, 11) is 1.68. The van der Waals surface area contributed by atoms with Crippen molar-refractivity contribution >= 4 is 16.7 Å². The van der Waals surface area contributed by atoms with Crippen LogP contribution in [-0.4, -0.2) is 30.0 Å². The minimum atomic E-state index is -0.116. The van der Waals surface area contributed by atoms with Gasteiger partial charge in [0.15, 0.2) is 0 Å². The summed E-state index contributed by atoms with van der Waals surface area (Å²) < 4.78 is 5.29. The molecule has 134 valence electrons. The first-order valence-corrected chi connectivity index (χ1v) is 9.41. The molecule has 0 aliphatic heterocycles. The Bertz CT molecular complexity index is 747. The molecule has 0 bridgehead atoms. The standard InChI is InChI=1S/C22H29NO2/c1-15(2)23(20-7-5-6-8-20)22(24)16(3)17-9-10-19-14-21(25-4)12-11-18(19)13-17/h9-16,20H,5-8H2,1-4H3/t16-/m0/s1. The Labute approximate surface area is 151 Å². The normalized spacial score (nSPS) is 16.4. The molecule has 0 spiro atoms. The lowest BCUT2D eigenvalue weighted by atomic mass is 9.95. The molecule has 1 atom stereocenters. The van der Waals surface area contributed by atoms with E-state index in [-0.39, 0.29) is 17.9 Å². The van der Waals surface area contributed by atoms with Gasteiger partial charge >= 0.3 is 0 Å². The van der Waals surface area contributed by atoms with Crippen LogP contribution in [0.5, 0.6) is 5.75 Å². The SMILES string of the molecule is COc1ccc2cc([C@H](C)C(=O)N(C(C)C)C3CCCC3)ccc2c1. The summed E-state index contributed by atoms with van der Waals surface area (Å²) in [5.74, 6) is 1.00. The van der Waals surface area contributed by atoms with Crippen molar-refractivity contribution in [2.24, 2.45) is 0 Å². The molecule has 1 aliphatic rings. The molecule has 1 fully saturated rings. The Morgan fingerprint density at radius 3 is 2.32 bits per heavy atom. The van der Waals surface area contributed by atoms with Gasteiger partial charge in [-0.2, -0.15) is 0 Å². The van der Waals surface area contributed by atoms with Gasteiger partial charge in [-0.1, -0.05) is 37.1 Å². The topological polar surface area (TPSA) is 29.5 Å². The zero-order valence-electron chi connectivity index (χ0n) is 15.8. The summed E-state index contributed by atoms with van der Waals surface area (Å²) in [6.07, 6.45) is 4.78. The molecule has 0 unspecified atom stereocenters. The van der Waals surface area contributed by atoms with Crippen molar-refractivity contribution in [1.29, 1.82) is 0 Å². The lowest BCUT2D eigenvalue weighted by Crippen LogP contribution is -2.45. The van der Waals surface area contributed by atoms with Crippen molar-refractivity contribution in [2.45, 2.75) is 64.5 Å². The fourth-order valence-electron chi connectivity index (χ4n) is 4.04. The average molecular weight is 339 g/mol. The maximum Gasteiger partial charge on any atom is 0.230 e. The summed E-state index contributed by atoms with van der Waals surface area (Å²) >= 11 is 0. The van der Waals surface area contributed by atoms with Gasteiger partial charge in [0.25, 0.3) is 0 Å². The maximum atomic E-state index is 13.2. The minimum absolute atomic E-state index is 0.116. The number of fused-ring (bicyclic) bond motifs is 1. The first-order valence-electron chi connectivity index (χ1n) is 9.41. The van der Waals surface area contributed by atoms with Gasteiger partial charge in [-0.3, -0.25) is 4.79 Å². The zero-order valence-corrected chi connectivity index (χ0v) is 15.8. The number of methoxy groups -OCH3 is 1. The highest BCUT2D eigenvalue weighted by atomic mass is 16.5. The number of amides is 1. The fourth-order valence-corrected chi connectivity index (χ4v) is 4.04. The molecule has 0 aromatic heterocycles. The van der Waals surface area contributed by atoms with Crippen LogP contribution >= 0.6 is 0 Å². The lowest BCUT2D eigenvalue weighted by Gasteiger charge is -2.35. The van der Waals surface area contributed by atoms with Gasteiger partial charge in [0, 0.05) is 12.1 Å². The van der Waals surface area contributed by atoms with Gasteiger partial charge in [-0.05, 0) is 62.1 Å². The van der Waals surface area contributed by atoms with Crippen LogP contribution in [0.25, 0.3) is 10.8 Å². The Kier molecular flexibility index (Phi) is 5.31. The van der Waals surface area contributed by atoms with Crippen molar-refractivity contribution in [3.05, 3.63) is 42.0 Å². The Balaban J connectivity index is 1.86. The molecule has 3 nitrogen and oxygen atoms in total. The second kappa shape index (κ2) is 7.47. The van der Waals surface area contributed by atoms with Crippen LogP contribution in [0.1, 0.15) is 57.9 Å². The van der Waals surface area contributed by atoms with Crippen LogP contribution in [-0.2, 0) is 4.79 Å². The van der Waals surface area contributed by atoms with E-state index in [0.29, 0.717) is 6.04 Å². The van der Waals surface area contributed by atoms with E-state index >= 15 is 0 Å². The van der Waals surface area contributed by atoms with Gasteiger partial charge in [0.1, 0.15) is 5.75 Å². The summed E-state index contributed by atoms with van der Waals surface area (Å²) in [5, 5.41) is 2.29. The van der Waals surface area contributed by atoms with Crippen LogP contribution in [0.3, 0.4) is 0 Å². The molecule has 3 rings (SSSR count). The molecule has 0 N–H and O–H groups in total. The molecule has 0 radical (unpaired) electrons. The molecule has 0 saturated heterocycles. The predicted octanol–water partition coefficient (Wildman–Crippen LogP) is 5.13. The number of rotatable bonds is 5. The highest BCUT2D eigenvalue weighted by molar-refractivity contribution is 5.88. The fraction of sp³-hybridized carbons (Fsp3) is 0.500. The molecular formula is C22H29NO2. The van der Waals surface area contributed by atoms with Gasteiger partial charge in [-0.15, -0.1) is 0 Å². The van der Waals surface area contributed by atoms with E-state index in [1.807, 2.05) is 19.1 Å². The Morgan fingerprint density at radius 1 is 1.04 bits per heavy atom. The monoisotopic (exact) mass is 339 g/mol. The van der Waals surface area contributed by atoms with E-state index < -0.39 is 0 Å². The first kappa shape index (κ1) is 17.8. The van der Waals surface area contributed by atoms with Crippen molar-refractivity contribution in [3.63, 3.8) is 0 Å². The van der Waals surface area contributed by atoms with Gasteiger partial charge in [-0.25, -0.2) is 0 Å². The summed E-state index contributed by atoms with van der Waals surface area (Å²) in [4.78, 5) is 15.3. The summed E-state index contributed by atoms with van der Waals surface area (Å²) in [6, 6.07) is 13.0. The zero-order chi connectivity index (χ0) is 18.0. The van der Waals surface area contributed by atoms with E-state index in [1.165, 1.54) is 12.8 Å². The molecule has 1 aliphatic carbocycles. The van der Waals surface area contributed by atoms with Crippen molar-refractivity contribution in [1.82, 2.24) is 4.90 Å². The highest BCUT2D eigenvalue weighted by Gasteiger charge is 2.31. The largest absolute Gasteiger partial charge is 0.497 e. The average Bonchev–Trinajstić information content (AvgIpc) is 3.13. The number of hydrogen-bond donors (Lipinski definition) is 0. The van der Waals surface area contributed by atoms with E-state index in [9.17, 15) is 4.79 Å². The minimum Gasteiger partial charge on any atom is -0.497 e. The smallest absolute Gasteiger partial charge is 0.230 e. The lowest BCUT2D eigenvalue weighted by molar-refractivity contribution is -0.136. The van der Waals surface area contributed by atoms with Crippen molar-refractivity contribution in [2.75, 3.05) is 7.11 Å². The molecule has 0 heterocycles. The van der Waals surface area contributed by atoms with Gasteiger partial charge < -0.3 is 9.64 Å². The van der Waals surface area contributed by atoms with Crippen LogP contribution in [0.4, 0.5) is 0 Å². The third kappa shape index (κ3) is 3.65. The number of ether oxygens (including phenoxy) is 1. The van der Waals surface area contributed by atoms with Crippen molar-refractivity contribution in [3.8, 4) is 5.75 Å². The molecule has 25 heavy (non-hydrogen) atoms. The second-order valence-corrected chi connectivity index (χ2v) is 7.47. The Hall–Kier alpha value is -2.03.